The molecule has 0 saturated carbocycles. The minimum absolute atomic E-state index is 0.118. The minimum atomic E-state index is -0.357. The summed E-state index contributed by atoms with van der Waals surface area (Å²) in [7, 11) is 1.35. The molecule has 1 aromatic carbocycles. The summed E-state index contributed by atoms with van der Waals surface area (Å²) in [6.07, 6.45) is 0.518. The first-order chi connectivity index (χ1) is 11.2. The first kappa shape index (κ1) is 16.9. The molecule has 0 bridgehead atoms. The number of benzene rings is 1. The Bertz CT molecular complexity index is 542. The molecule has 126 valence electrons. The molecule has 0 radical (unpaired) electrons. The zero-order valence-electron chi connectivity index (χ0n) is 13.6. The number of nitrogens with zero attached hydrogens (tertiary/aromatic N) is 2. The van der Waals surface area contributed by atoms with Gasteiger partial charge in [0.05, 0.1) is 7.11 Å². The number of methoxy groups -OCH3 is 1. The lowest BCUT2D eigenvalue weighted by Crippen LogP contribution is -2.53. The third-order valence-electron chi connectivity index (χ3n) is 3.80. The van der Waals surface area contributed by atoms with Crippen molar-refractivity contribution in [1.82, 2.24) is 15.1 Å². The molecule has 0 unspecified atom stereocenters. The Morgan fingerprint density at radius 2 is 1.78 bits per heavy atom. The van der Waals surface area contributed by atoms with Gasteiger partial charge in [0.15, 0.2) is 6.73 Å². The average molecular weight is 321 g/mol. The number of carbonyl (C=O) groups excluding carboxylic acids is 2. The monoisotopic (exact) mass is 321 g/mol. The predicted molar refractivity (Wildman–Crippen MR) is 85.4 cm³/mol. The highest BCUT2D eigenvalue weighted by atomic mass is 16.5. The van der Waals surface area contributed by atoms with Gasteiger partial charge in [0.1, 0.15) is 5.75 Å². The van der Waals surface area contributed by atoms with E-state index in [0.29, 0.717) is 26.2 Å². The normalized spacial score (nSPS) is 14.3. The summed E-state index contributed by atoms with van der Waals surface area (Å²) in [5.41, 5.74) is 1.11. The van der Waals surface area contributed by atoms with E-state index in [1.807, 2.05) is 24.3 Å². The van der Waals surface area contributed by atoms with Crippen LogP contribution in [0, 0.1) is 0 Å². The lowest BCUT2D eigenvalue weighted by molar-refractivity contribution is 0.0958. The van der Waals surface area contributed by atoms with E-state index in [1.165, 1.54) is 7.11 Å². The van der Waals surface area contributed by atoms with Gasteiger partial charge in [-0.3, -0.25) is 0 Å². The molecular formula is C16H23N3O4. The molecule has 2 rings (SSSR count). The fourth-order valence-corrected chi connectivity index (χ4v) is 2.45. The van der Waals surface area contributed by atoms with Crippen molar-refractivity contribution in [3.8, 4) is 5.75 Å². The summed E-state index contributed by atoms with van der Waals surface area (Å²) in [5.74, 6) is 0.783. The Labute approximate surface area is 136 Å². The molecule has 1 fully saturated rings. The molecule has 1 aliphatic rings. The van der Waals surface area contributed by atoms with E-state index in [0.717, 1.165) is 17.7 Å². The highest BCUT2D eigenvalue weighted by Crippen LogP contribution is 2.17. The number of hydrogen-bond acceptors (Lipinski definition) is 4. The molecule has 0 aliphatic carbocycles. The van der Waals surface area contributed by atoms with Crippen LogP contribution in [0.3, 0.4) is 0 Å². The topological polar surface area (TPSA) is 71.1 Å². The molecular weight excluding hydrogens is 298 g/mol. The smallest absolute Gasteiger partial charge is 0.409 e. The van der Waals surface area contributed by atoms with Crippen molar-refractivity contribution in [3.63, 3.8) is 0 Å². The van der Waals surface area contributed by atoms with Crippen molar-refractivity contribution in [2.24, 2.45) is 0 Å². The van der Waals surface area contributed by atoms with E-state index in [4.69, 9.17) is 4.74 Å². The molecule has 7 heteroatoms. The lowest BCUT2D eigenvalue weighted by atomic mass is 10.1. The van der Waals surface area contributed by atoms with E-state index in [9.17, 15) is 9.59 Å². The number of hydrogen-bond donors (Lipinski definition) is 1. The quantitative estimate of drug-likeness (QED) is 0.857. The fraction of sp³-hybridized carbons (Fsp3) is 0.500. The van der Waals surface area contributed by atoms with Crippen molar-refractivity contribution in [2.45, 2.75) is 13.3 Å². The number of para-hydroxylation sites is 1. The average Bonchev–Trinajstić information content (AvgIpc) is 2.61. The Morgan fingerprint density at radius 1 is 1.13 bits per heavy atom. The van der Waals surface area contributed by atoms with E-state index in [-0.39, 0.29) is 18.9 Å². The molecule has 1 aromatic rings. The fourth-order valence-electron chi connectivity index (χ4n) is 2.45. The zero-order chi connectivity index (χ0) is 16.7. The molecule has 0 aromatic heterocycles. The van der Waals surface area contributed by atoms with Crippen LogP contribution in [-0.4, -0.2) is 61.9 Å². The number of amides is 3. The summed E-state index contributed by atoms with van der Waals surface area (Å²) >= 11 is 0. The number of nitrogens with one attached hydrogen (secondary N) is 1. The molecule has 1 saturated heterocycles. The third-order valence-corrected chi connectivity index (χ3v) is 3.80. The highest BCUT2D eigenvalue weighted by Gasteiger charge is 2.24. The van der Waals surface area contributed by atoms with Gasteiger partial charge in [-0.15, -0.1) is 0 Å². The Hall–Kier alpha value is -2.44. The van der Waals surface area contributed by atoms with Gasteiger partial charge >= 0.3 is 12.1 Å². The maximum Gasteiger partial charge on any atom is 0.409 e. The second-order valence-corrected chi connectivity index (χ2v) is 5.18. The van der Waals surface area contributed by atoms with Gasteiger partial charge in [-0.25, -0.2) is 9.59 Å². The van der Waals surface area contributed by atoms with Crippen molar-refractivity contribution >= 4 is 12.1 Å². The van der Waals surface area contributed by atoms with Gasteiger partial charge < -0.3 is 24.6 Å². The molecule has 0 atom stereocenters. The molecule has 1 N–H and O–H groups in total. The summed E-state index contributed by atoms with van der Waals surface area (Å²) < 4.78 is 10.3. The van der Waals surface area contributed by atoms with Crippen LogP contribution in [0.5, 0.6) is 5.75 Å². The summed E-state index contributed by atoms with van der Waals surface area (Å²) in [5, 5.41) is 2.74. The van der Waals surface area contributed by atoms with Crippen LogP contribution in [0.2, 0.25) is 0 Å². The Balaban J connectivity index is 1.74. The van der Waals surface area contributed by atoms with Crippen molar-refractivity contribution in [3.05, 3.63) is 29.8 Å². The van der Waals surface area contributed by atoms with Crippen LogP contribution in [-0.2, 0) is 11.2 Å². The van der Waals surface area contributed by atoms with E-state index in [2.05, 4.69) is 17.0 Å². The first-order valence-corrected chi connectivity index (χ1v) is 7.72. The Morgan fingerprint density at radius 3 is 2.43 bits per heavy atom. The standard InChI is InChI=1S/C16H23N3O4/c1-3-13-6-4-5-7-14(13)23-12-17-15(20)18-8-10-19(11-9-18)16(21)22-2/h4-7H,3,8-12H2,1-2H3,(H,17,20). The van der Waals surface area contributed by atoms with Gasteiger partial charge in [-0.2, -0.15) is 0 Å². The minimum Gasteiger partial charge on any atom is -0.473 e. The van der Waals surface area contributed by atoms with Crippen LogP contribution in [0.15, 0.2) is 24.3 Å². The van der Waals surface area contributed by atoms with Gasteiger partial charge in [0, 0.05) is 26.2 Å². The molecule has 0 spiro atoms. The largest absolute Gasteiger partial charge is 0.473 e. The van der Waals surface area contributed by atoms with Crippen LogP contribution in [0.4, 0.5) is 9.59 Å². The SMILES string of the molecule is CCc1ccccc1OCNC(=O)N1CCN(C(=O)OC)CC1. The summed E-state index contributed by atoms with van der Waals surface area (Å²) in [6.45, 7) is 4.08. The molecule has 23 heavy (non-hydrogen) atoms. The summed E-state index contributed by atoms with van der Waals surface area (Å²) in [4.78, 5) is 26.7. The Kier molecular flexibility index (Phi) is 6.08. The number of piperazine rings is 1. The first-order valence-electron chi connectivity index (χ1n) is 7.72. The highest BCUT2D eigenvalue weighted by molar-refractivity contribution is 5.74. The number of urea groups is 1. The molecule has 3 amide bonds. The van der Waals surface area contributed by atoms with Crippen LogP contribution in [0.25, 0.3) is 0 Å². The second kappa shape index (κ2) is 8.26. The maximum absolute atomic E-state index is 12.1. The third kappa shape index (κ3) is 4.51. The van der Waals surface area contributed by atoms with Crippen molar-refractivity contribution < 1.29 is 19.1 Å². The van der Waals surface area contributed by atoms with Crippen LogP contribution >= 0.6 is 0 Å². The number of carbonyl (C=O) groups is 2. The van der Waals surface area contributed by atoms with E-state index < -0.39 is 0 Å². The van der Waals surface area contributed by atoms with Crippen LogP contribution < -0.4 is 10.1 Å². The second-order valence-electron chi connectivity index (χ2n) is 5.18. The molecule has 1 heterocycles. The number of ether oxygens (including phenoxy) is 2. The predicted octanol–water partition coefficient (Wildman–Crippen LogP) is 1.68. The summed E-state index contributed by atoms with van der Waals surface area (Å²) in [6, 6.07) is 7.57. The maximum atomic E-state index is 12.1. The number of rotatable bonds is 4. The number of aryl methyl sites for hydroxylation is 1. The molecule has 1 aliphatic heterocycles. The van der Waals surface area contributed by atoms with E-state index >= 15 is 0 Å². The van der Waals surface area contributed by atoms with Gasteiger partial charge in [0.25, 0.3) is 0 Å². The van der Waals surface area contributed by atoms with Gasteiger partial charge in [-0.05, 0) is 18.1 Å². The van der Waals surface area contributed by atoms with Crippen LogP contribution in [0.1, 0.15) is 12.5 Å². The van der Waals surface area contributed by atoms with Crippen molar-refractivity contribution in [2.75, 3.05) is 40.0 Å². The zero-order valence-corrected chi connectivity index (χ0v) is 13.6. The van der Waals surface area contributed by atoms with Crippen molar-refractivity contribution in [1.29, 1.82) is 0 Å². The van der Waals surface area contributed by atoms with Gasteiger partial charge in [-0.1, -0.05) is 25.1 Å². The lowest BCUT2D eigenvalue weighted by Gasteiger charge is -2.33. The van der Waals surface area contributed by atoms with Gasteiger partial charge in [0.2, 0.25) is 0 Å². The molecule has 7 nitrogen and oxygen atoms in total. The van der Waals surface area contributed by atoms with E-state index in [1.54, 1.807) is 9.80 Å².